The van der Waals surface area contributed by atoms with Crippen LogP contribution in [-0.2, 0) is 0 Å². The molecule has 166 valence electrons. The first-order valence-corrected chi connectivity index (χ1v) is 10.6. The smallest absolute Gasteiger partial charge is 0.282 e. The summed E-state index contributed by atoms with van der Waals surface area (Å²) in [7, 11) is 1.53. The van der Waals surface area contributed by atoms with Gasteiger partial charge >= 0.3 is 0 Å². The van der Waals surface area contributed by atoms with Gasteiger partial charge < -0.3 is 14.6 Å². The number of hydrogen-bond acceptors (Lipinski definition) is 5. The molecule has 2 heterocycles. The highest BCUT2D eigenvalue weighted by Crippen LogP contribution is 2.30. The van der Waals surface area contributed by atoms with E-state index in [-0.39, 0.29) is 12.2 Å². The summed E-state index contributed by atoms with van der Waals surface area (Å²) in [6.45, 7) is 3.73. The van der Waals surface area contributed by atoms with Gasteiger partial charge in [0.25, 0.3) is 5.56 Å². The molecule has 8 heteroatoms. The van der Waals surface area contributed by atoms with Gasteiger partial charge in [0.05, 0.1) is 18.4 Å². The highest BCUT2D eigenvalue weighted by Gasteiger charge is 2.20. The molecule has 1 N–H and O–H groups in total. The van der Waals surface area contributed by atoms with Gasteiger partial charge in [-0.3, -0.25) is 9.36 Å². The number of ether oxygens (including phenoxy) is 2. The number of nitrogens with zero attached hydrogens (tertiary/aromatic N) is 3. The Morgan fingerprint density at radius 1 is 1.09 bits per heavy atom. The fraction of sp³-hybridized carbons (Fsp3) is 0.250. The molecule has 0 amide bonds. The van der Waals surface area contributed by atoms with Crippen LogP contribution in [0.4, 0.5) is 0 Å². The zero-order valence-electron chi connectivity index (χ0n) is 18.1. The lowest BCUT2D eigenvalue weighted by atomic mass is 10.1. The average Bonchev–Trinajstić information content (AvgIpc) is 3.24. The second kappa shape index (κ2) is 8.68. The second-order valence-electron chi connectivity index (χ2n) is 7.85. The second-order valence-corrected chi connectivity index (χ2v) is 8.28. The average molecular weight is 454 g/mol. The monoisotopic (exact) mass is 453 g/mol. The fourth-order valence-corrected chi connectivity index (χ4v) is 3.36. The van der Waals surface area contributed by atoms with Crippen LogP contribution in [0.25, 0.3) is 22.3 Å². The quantitative estimate of drug-likeness (QED) is 0.450. The zero-order chi connectivity index (χ0) is 22.9. The first-order chi connectivity index (χ1) is 15.3. The van der Waals surface area contributed by atoms with E-state index in [1.807, 2.05) is 19.1 Å². The molecule has 0 fully saturated rings. The SMILES string of the molecule is CCC(C)(O)COc1ccc(-n2cnn3cc(-c4ccc(Cl)cc4)cc3c2=O)cc1OC. The van der Waals surface area contributed by atoms with Crippen LogP contribution < -0.4 is 15.0 Å². The Bertz CT molecular complexity index is 1310. The van der Waals surface area contributed by atoms with Gasteiger partial charge in [0.15, 0.2) is 11.5 Å². The van der Waals surface area contributed by atoms with Crippen LogP contribution in [0.5, 0.6) is 11.5 Å². The van der Waals surface area contributed by atoms with E-state index < -0.39 is 5.60 Å². The molecule has 0 bridgehead atoms. The van der Waals surface area contributed by atoms with E-state index in [0.29, 0.717) is 34.1 Å². The molecule has 4 rings (SSSR count). The standard InChI is InChI=1S/C24H24ClN3O4/c1-4-24(2,30)14-32-21-10-9-19(12-22(21)31-3)27-15-26-28-13-17(11-20(28)23(27)29)16-5-7-18(25)8-6-16/h5-13,15,30H,4,14H2,1-3H3. The first-order valence-electron chi connectivity index (χ1n) is 10.2. The Balaban J connectivity index is 1.69. The third-order valence-corrected chi connectivity index (χ3v) is 5.69. The van der Waals surface area contributed by atoms with Crippen molar-refractivity contribution in [3.8, 4) is 28.3 Å². The minimum Gasteiger partial charge on any atom is -0.493 e. The molecule has 1 unspecified atom stereocenters. The molecule has 4 aromatic rings. The minimum atomic E-state index is -0.938. The van der Waals surface area contributed by atoms with E-state index in [1.54, 1.807) is 54.0 Å². The van der Waals surface area contributed by atoms with Gasteiger partial charge in [-0.2, -0.15) is 5.10 Å². The number of halogens is 1. The van der Waals surface area contributed by atoms with E-state index in [1.165, 1.54) is 18.0 Å². The lowest BCUT2D eigenvalue weighted by Gasteiger charge is -2.22. The van der Waals surface area contributed by atoms with E-state index in [2.05, 4.69) is 5.10 Å². The molecule has 0 spiro atoms. The molecule has 32 heavy (non-hydrogen) atoms. The Morgan fingerprint density at radius 3 is 2.53 bits per heavy atom. The Hall–Kier alpha value is -3.29. The van der Waals surface area contributed by atoms with Crippen molar-refractivity contribution < 1.29 is 14.6 Å². The summed E-state index contributed by atoms with van der Waals surface area (Å²) in [5, 5.41) is 15.2. The van der Waals surface area contributed by atoms with Crippen LogP contribution in [0.15, 0.2) is 65.8 Å². The predicted octanol–water partition coefficient (Wildman–Crippen LogP) is 4.35. The van der Waals surface area contributed by atoms with E-state index in [0.717, 1.165) is 11.1 Å². The molecule has 1 atom stereocenters. The van der Waals surface area contributed by atoms with Gasteiger partial charge in [-0.15, -0.1) is 0 Å². The molecule has 0 saturated carbocycles. The Labute approximate surface area is 190 Å². The normalized spacial score (nSPS) is 13.2. The molecule has 2 aromatic carbocycles. The highest BCUT2D eigenvalue weighted by atomic mass is 35.5. The van der Waals surface area contributed by atoms with Gasteiger partial charge in [0, 0.05) is 22.8 Å². The number of benzene rings is 2. The van der Waals surface area contributed by atoms with Gasteiger partial charge in [-0.1, -0.05) is 30.7 Å². The minimum absolute atomic E-state index is 0.129. The molecular weight excluding hydrogens is 430 g/mol. The Morgan fingerprint density at radius 2 is 1.84 bits per heavy atom. The highest BCUT2D eigenvalue weighted by molar-refractivity contribution is 6.30. The van der Waals surface area contributed by atoms with Crippen molar-refractivity contribution in [3.63, 3.8) is 0 Å². The molecule has 0 radical (unpaired) electrons. The van der Waals surface area contributed by atoms with Gasteiger partial charge in [0.1, 0.15) is 18.5 Å². The van der Waals surface area contributed by atoms with Gasteiger partial charge in [0.2, 0.25) is 0 Å². The maximum Gasteiger partial charge on any atom is 0.282 e. The van der Waals surface area contributed by atoms with Crippen LogP contribution in [0.2, 0.25) is 5.02 Å². The molecular formula is C24H24ClN3O4. The van der Waals surface area contributed by atoms with Crippen molar-refractivity contribution in [3.05, 3.63) is 76.4 Å². The predicted molar refractivity (Wildman–Crippen MR) is 124 cm³/mol. The fourth-order valence-electron chi connectivity index (χ4n) is 3.24. The lowest BCUT2D eigenvalue weighted by molar-refractivity contribution is 0.00775. The third-order valence-electron chi connectivity index (χ3n) is 5.43. The summed E-state index contributed by atoms with van der Waals surface area (Å²) in [6.07, 6.45) is 3.84. The summed E-state index contributed by atoms with van der Waals surface area (Å²) in [6, 6.07) is 14.4. The zero-order valence-corrected chi connectivity index (χ0v) is 18.8. The van der Waals surface area contributed by atoms with E-state index in [4.69, 9.17) is 21.1 Å². The number of rotatable bonds is 7. The third kappa shape index (κ3) is 4.35. The first kappa shape index (κ1) is 21.9. The van der Waals surface area contributed by atoms with Crippen LogP contribution in [0, 0.1) is 0 Å². The molecule has 0 saturated heterocycles. The van der Waals surface area contributed by atoms with Crippen molar-refractivity contribution in [2.75, 3.05) is 13.7 Å². The lowest BCUT2D eigenvalue weighted by Crippen LogP contribution is -2.31. The van der Waals surface area contributed by atoms with E-state index >= 15 is 0 Å². The molecule has 7 nitrogen and oxygen atoms in total. The molecule has 0 aliphatic heterocycles. The maximum absolute atomic E-state index is 13.2. The molecule has 0 aliphatic carbocycles. The van der Waals surface area contributed by atoms with Crippen molar-refractivity contribution >= 4 is 17.1 Å². The summed E-state index contributed by atoms with van der Waals surface area (Å²) >= 11 is 5.97. The van der Waals surface area contributed by atoms with E-state index in [9.17, 15) is 9.90 Å². The maximum atomic E-state index is 13.2. The van der Waals surface area contributed by atoms with Crippen LogP contribution in [-0.4, -0.2) is 38.6 Å². The summed E-state index contributed by atoms with van der Waals surface area (Å²) in [5.41, 5.74) is 1.68. The number of fused-ring (bicyclic) bond motifs is 1. The summed E-state index contributed by atoms with van der Waals surface area (Å²) in [5.74, 6) is 0.943. The molecule has 2 aromatic heterocycles. The van der Waals surface area contributed by atoms with Crippen molar-refractivity contribution in [2.24, 2.45) is 0 Å². The van der Waals surface area contributed by atoms with Crippen molar-refractivity contribution in [1.29, 1.82) is 0 Å². The molecule has 0 aliphatic rings. The van der Waals surface area contributed by atoms with Crippen LogP contribution >= 0.6 is 11.6 Å². The number of aliphatic hydroxyl groups is 1. The topological polar surface area (TPSA) is 78.0 Å². The largest absolute Gasteiger partial charge is 0.493 e. The number of methoxy groups -OCH3 is 1. The van der Waals surface area contributed by atoms with Crippen molar-refractivity contribution in [2.45, 2.75) is 25.9 Å². The summed E-state index contributed by atoms with van der Waals surface area (Å²) < 4.78 is 14.2. The summed E-state index contributed by atoms with van der Waals surface area (Å²) in [4.78, 5) is 13.2. The number of aromatic nitrogens is 3. The van der Waals surface area contributed by atoms with Crippen molar-refractivity contribution in [1.82, 2.24) is 14.2 Å². The van der Waals surface area contributed by atoms with Gasteiger partial charge in [-0.05, 0) is 49.2 Å². The van der Waals surface area contributed by atoms with Gasteiger partial charge in [-0.25, -0.2) is 4.52 Å². The van der Waals surface area contributed by atoms with Crippen LogP contribution in [0.3, 0.4) is 0 Å². The Kier molecular flexibility index (Phi) is 5.95. The number of hydrogen-bond donors (Lipinski definition) is 1. The van der Waals surface area contributed by atoms with Crippen LogP contribution in [0.1, 0.15) is 20.3 Å².